The Bertz CT molecular complexity index is 657. The number of amides is 1. The number of hydrogen-bond donors (Lipinski definition) is 1. The number of rotatable bonds is 12. The van der Waals surface area contributed by atoms with Gasteiger partial charge in [-0.15, -0.1) is 0 Å². The Hall–Kier alpha value is -1.63. The number of ether oxygens (including phenoxy) is 2. The molecule has 1 fully saturated rings. The van der Waals surface area contributed by atoms with Crippen molar-refractivity contribution in [1.29, 1.82) is 0 Å². The zero-order valence-electron chi connectivity index (χ0n) is 19.1. The highest BCUT2D eigenvalue weighted by Crippen LogP contribution is 2.34. The van der Waals surface area contributed by atoms with Gasteiger partial charge in [-0.2, -0.15) is 0 Å². The predicted octanol–water partition coefficient (Wildman–Crippen LogP) is 2.78. The highest BCUT2D eigenvalue weighted by atomic mass is 16.5. The molecule has 29 heavy (non-hydrogen) atoms. The summed E-state index contributed by atoms with van der Waals surface area (Å²) in [6.07, 6.45) is 2.23. The van der Waals surface area contributed by atoms with Crippen LogP contribution in [-0.2, 0) is 9.53 Å². The molecule has 1 aliphatic rings. The lowest BCUT2D eigenvalue weighted by molar-refractivity contribution is -0.125. The predicted molar refractivity (Wildman–Crippen MR) is 118 cm³/mol. The monoisotopic (exact) mass is 405 g/mol. The van der Waals surface area contributed by atoms with Crippen molar-refractivity contribution in [3.8, 4) is 5.75 Å². The summed E-state index contributed by atoms with van der Waals surface area (Å²) < 4.78 is 10.9. The number of carbonyl (C=O) groups excluding carboxylic acids is 1. The van der Waals surface area contributed by atoms with Crippen LogP contribution in [0.25, 0.3) is 0 Å². The van der Waals surface area contributed by atoms with Crippen LogP contribution in [0.2, 0.25) is 0 Å². The molecule has 1 N–H and O–H groups in total. The molecule has 1 aromatic rings. The second-order valence-corrected chi connectivity index (χ2v) is 8.49. The van der Waals surface area contributed by atoms with Crippen molar-refractivity contribution in [3.63, 3.8) is 0 Å². The molecule has 0 saturated carbocycles. The highest BCUT2D eigenvalue weighted by Gasteiger charge is 2.31. The number of likely N-dealkylation sites (tertiary alicyclic amines) is 1. The molecule has 1 saturated heterocycles. The van der Waals surface area contributed by atoms with Crippen LogP contribution in [0, 0.1) is 19.8 Å². The summed E-state index contributed by atoms with van der Waals surface area (Å²) in [6, 6.07) is 4.71. The maximum Gasteiger partial charge on any atom is 0.245 e. The molecule has 1 unspecified atom stereocenters. The van der Waals surface area contributed by atoms with Gasteiger partial charge in [0.1, 0.15) is 12.4 Å². The molecule has 1 atom stereocenters. The van der Waals surface area contributed by atoms with Gasteiger partial charge in [0.15, 0.2) is 0 Å². The minimum Gasteiger partial charge on any atom is -0.493 e. The van der Waals surface area contributed by atoms with Gasteiger partial charge in [-0.25, -0.2) is 0 Å². The Kier molecular flexibility index (Phi) is 9.40. The van der Waals surface area contributed by atoms with Crippen molar-refractivity contribution in [2.75, 3.05) is 60.6 Å². The van der Waals surface area contributed by atoms with Gasteiger partial charge in [0, 0.05) is 38.7 Å². The van der Waals surface area contributed by atoms with Crippen LogP contribution in [0.3, 0.4) is 0 Å². The van der Waals surface area contributed by atoms with Crippen molar-refractivity contribution >= 4 is 5.91 Å². The number of carbonyl (C=O) groups is 1. The first kappa shape index (κ1) is 23.6. The van der Waals surface area contributed by atoms with E-state index >= 15 is 0 Å². The third kappa shape index (κ3) is 6.98. The van der Waals surface area contributed by atoms with Crippen LogP contribution in [-0.4, -0.2) is 76.3 Å². The van der Waals surface area contributed by atoms with Crippen molar-refractivity contribution in [2.24, 2.45) is 5.92 Å². The summed E-state index contributed by atoms with van der Waals surface area (Å²) in [7, 11) is 5.75. The Balaban J connectivity index is 1.82. The van der Waals surface area contributed by atoms with Gasteiger partial charge in [-0.1, -0.05) is 6.07 Å². The van der Waals surface area contributed by atoms with Crippen LogP contribution in [0.1, 0.15) is 42.5 Å². The molecule has 1 aromatic carbocycles. The molecule has 0 aliphatic carbocycles. The summed E-state index contributed by atoms with van der Waals surface area (Å²) in [5.41, 5.74) is 3.93. The largest absolute Gasteiger partial charge is 0.493 e. The van der Waals surface area contributed by atoms with Crippen molar-refractivity contribution < 1.29 is 14.3 Å². The second kappa shape index (κ2) is 11.5. The number of hydrogen-bond acceptors (Lipinski definition) is 5. The molecule has 164 valence electrons. The van der Waals surface area contributed by atoms with E-state index in [1.54, 1.807) is 0 Å². The summed E-state index contributed by atoms with van der Waals surface area (Å²) in [5.74, 6) is 1.48. The Morgan fingerprint density at radius 3 is 2.62 bits per heavy atom. The van der Waals surface area contributed by atoms with Crippen LogP contribution >= 0.6 is 0 Å². The topological polar surface area (TPSA) is 54.0 Å². The fourth-order valence-electron chi connectivity index (χ4n) is 3.83. The molecule has 1 amide bonds. The molecule has 6 nitrogen and oxygen atoms in total. The molecule has 6 heteroatoms. The normalized spacial score (nSPS) is 16.0. The Labute approximate surface area is 176 Å². The van der Waals surface area contributed by atoms with Crippen LogP contribution in [0.4, 0.5) is 0 Å². The molecule has 1 heterocycles. The van der Waals surface area contributed by atoms with E-state index in [1.807, 2.05) is 0 Å². The van der Waals surface area contributed by atoms with E-state index in [4.69, 9.17) is 9.47 Å². The van der Waals surface area contributed by atoms with E-state index in [-0.39, 0.29) is 12.5 Å². The van der Waals surface area contributed by atoms with E-state index in [2.05, 4.69) is 62.1 Å². The third-order valence-electron chi connectivity index (χ3n) is 5.88. The van der Waals surface area contributed by atoms with Crippen LogP contribution < -0.4 is 10.1 Å². The van der Waals surface area contributed by atoms with Gasteiger partial charge in [-0.3, -0.25) is 9.69 Å². The smallest absolute Gasteiger partial charge is 0.245 e. The summed E-state index contributed by atoms with van der Waals surface area (Å²) in [6.45, 7) is 11.4. The zero-order chi connectivity index (χ0) is 21.4. The molecule has 1 aliphatic heterocycles. The van der Waals surface area contributed by atoms with Crippen molar-refractivity contribution in [1.82, 2.24) is 15.1 Å². The SMILES string of the molecule is COCC(=O)NCC1CN(C(C)c2ccc(OCCCCN(C)C)c(C)c2C)C1. The minimum atomic E-state index is -0.0391. The standard InChI is InChI=1S/C23H39N3O3/c1-17-18(2)22(29-12-8-7-11-25(4)5)10-9-21(17)19(3)26-14-20(15-26)13-24-23(27)16-28-6/h9-10,19-20H,7-8,11-16H2,1-6H3,(H,24,27). The number of nitrogens with zero attached hydrogens (tertiary/aromatic N) is 2. The molecule has 2 rings (SSSR count). The minimum absolute atomic E-state index is 0.0391. The molecular weight excluding hydrogens is 366 g/mol. The molecular formula is C23H39N3O3. The molecule has 0 bridgehead atoms. The van der Waals surface area contributed by atoms with Gasteiger partial charge < -0.3 is 19.7 Å². The Morgan fingerprint density at radius 1 is 1.24 bits per heavy atom. The summed E-state index contributed by atoms with van der Waals surface area (Å²) >= 11 is 0. The zero-order valence-corrected chi connectivity index (χ0v) is 19.1. The molecule has 0 aromatic heterocycles. The van der Waals surface area contributed by atoms with Gasteiger partial charge in [0.05, 0.1) is 6.61 Å². The summed E-state index contributed by atoms with van der Waals surface area (Å²) in [5, 5.41) is 2.94. The maximum absolute atomic E-state index is 11.5. The van der Waals surface area contributed by atoms with Gasteiger partial charge >= 0.3 is 0 Å². The number of benzene rings is 1. The average Bonchev–Trinajstić information content (AvgIpc) is 2.63. The quantitative estimate of drug-likeness (QED) is 0.542. The molecule has 0 spiro atoms. The van der Waals surface area contributed by atoms with E-state index in [0.717, 1.165) is 51.4 Å². The summed E-state index contributed by atoms with van der Waals surface area (Å²) in [4.78, 5) is 16.2. The number of unbranched alkanes of at least 4 members (excludes halogenated alkanes) is 1. The van der Waals surface area contributed by atoms with Gasteiger partial charge in [-0.05, 0) is 77.0 Å². The average molecular weight is 406 g/mol. The third-order valence-corrected chi connectivity index (χ3v) is 5.88. The second-order valence-electron chi connectivity index (χ2n) is 8.49. The Morgan fingerprint density at radius 2 is 1.97 bits per heavy atom. The van der Waals surface area contributed by atoms with E-state index in [0.29, 0.717) is 12.0 Å². The number of methoxy groups -OCH3 is 1. The first-order valence-electron chi connectivity index (χ1n) is 10.7. The van der Waals surface area contributed by atoms with E-state index in [1.165, 1.54) is 23.8 Å². The fourth-order valence-corrected chi connectivity index (χ4v) is 3.83. The van der Waals surface area contributed by atoms with Crippen LogP contribution in [0.5, 0.6) is 5.75 Å². The van der Waals surface area contributed by atoms with E-state index < -0.39 is 0 Å². The maximum atomic E-state index is 11.5. The lowest BCUT2D eigenvalue weighted by Gasteiger charge is -2.44. The first-order chi connectivity index (χ1) is 13.8. The lowest BCUT2D eigenvalue weighted by Crippen LogP contribution is -2.52. The van der Waals surface area contributed by atoms with Crippen molar-refractivity contribution in [3.05, 3.63) is 28.8 Å². The fraction of sp³-hybridized carbons (Fsp3) is 0.696. The van der Waals surface area contributed by atoms with Crippen molar-refractivity contribution in [2.45, 2.75) is 39.7 Å². The van der Waals surface area contributed by atoms with Crippen LogP contribution in [0.15, 0.2) is 12.1 Å². The first-order valence-corrected chi connectivity index (χ1v) is 10.7. The number of nitrogens with one attached hydrogen (secondary N) is 1. The van der Waals surface area contributed by atoms with Gasteiger partial charge in [0.2, 0.25) is 5.91 Å². The van der Waals surface area contributed by atoms with Gasteiger partial charge in [0.25, 0.3) is 0 Å². The lowest BCUT2D eigenvalue weighted by atomic mass is 9.91. The van der Waals surface area contributed by atoms with E-state index in [9.17, 15) is 4.79 Å². The molecule has 0 radical (unpaired) electrons. The highest BCUT2D eigenvalue weighted by molar-refractivity contribution is 5.77.